The van der Waals surface area contributed by atoms with Crippen molar-refractivity contribution in [3.63, 3.8) is 0 Å². The fraction of sp³-hybridized carbons (Fsp3) is 0.818. The van der Waals surface area contributed by atoms with Gasteiger partial charge in [0.2, 0.25) is 5.91 Å². The van der Waals surface area contributed by atoms with Crippen molar-refractivity contribution >= 4 is 11.9 Å². The van der Waals surface area contributed by atoms with Crippen LogP contribution in [0.1, 0.15) is 13.3 Å². The molecule has 0 aromatic heterocycles. The molecule has 2 N–H and O–H groups in total. The summed E-state index contributed by atoms with van der Waals surface area (Å²) in [6.45, 7) is 4.60. The van der Waals surface area contributed by atoms with Crippen LogP contribution in [0, 0.1) is 0 Å². The van der Waals surface area contributed by atoms with Crippen LogP contribution in [0.15, 0.2) is 4.99 Å². The highest BCUT2D eigenvalue weighted by molar-refractivity contribution is 5.81. The van der Waals surface area contributed by atoms with E-state index in [0.717, 1.165) is 0 Å². The SMILES string of the molecule is CCOCCNC(=NC)NCCC(=O)N(C)C. The predicted octanol–water partition coefficient (Wildman–Crippen LogP) is -0.334. The molecule has 0 aliphatic rings. The van der Waals surface area contributed by atoms with Crippen LogP contribution in [-0.2, 0) is 9.53 Å². The summed E-state index contributed by atoms with van der Waals surface area (Å²) in [7, 11) is 5.19. The minimum atomic E-state index is 0.0993. The van der Waals surface area contributed by atoms with Gasteiger partial charge in [-0.05, 0) is 6.92 Å². The lowest BCUT2D eigenvalue weighted by molar-refractivity contribution is -0.128. The molecule has 0 unspecified atom stereocenters. The van der Waals surface area contributed by atoms with Gasteiger partial charge in [-0.3, -0.25) is 9.79 Å². The van der Waals surface area contributed by atoms with Gasteiger partial charge in [0.15, 0.2) is 5.96 Å². The quantitative estimate of drug-likeness (QED) is 0.365. The van der Waals surface area contributed by atoms with E-state index in [2.05, 4.69) is 15.6 Å². The maximum atomic E-state index is 11.3. The second-order valence-electron chi connectivity index (χ2n) is 3.66. The van der Waals surface area contributed by atoms with Gasteiger partial charge in [0.05, 0.1) is 6.61 Å². The van der Waals surface area contributed by atoms with Crippen molar-refractivity contribution < 1.29 is 9.53 Å². The number of carbonyl (C=O) groups is 1. The third-order valence-corrected chi connectivity index (χ3v) is 2.10. The van der Waals surface area contributed by atoms with E-state index in [0.29, 0.717) is 38.7 Å². The number of guanidine groups is 1. The average Bonchev–Trinajstić information content (AvgIpc) is 2.31. The van der Waals surface area contributed by atoms with Gasteiger partial charge in [-0.25, -0.2) is 0 Å². The van der Waals surface area contributed by atoms with E-state index in [1.807, 2.05) is 6.92 Å². The molecule has 0 aromatic rings. The van der Waals surface area contributed by atoms with E-state index >= 15 is 0 Å². The summed E-state index contributed by atoms with van der Waals surface area (Å²) in [6.07, 6.45) is 0.458. The van der Waals surface area contributed by atoms with Crippen LogP contribution < -0.4 is 10.6 Å². The number of hydrogen-bond acceptors (Lipinski definition) is 3. The Balaban J connectivity index is 3.66. The average molecular weight is 244 g/mol. The third kappa shape index (κ3) is 8.50. The molecule has 0 fully saturated rings. The van der Waals surface area contributed by atoms with Crippen LogP contribution >= 0.6 is 0 Å². The van der Waals surface area contributed by atoms with E-state index in [1.54, 1.807) is 26.0 Å². The zero-order valence-electron chi connectivity index (χ0n) is 11.2. The highest BCUT2D eigenvalue weighted by Gasteiger charge is 2.03. The van der Waals surface area contributed by atoms with Crippen molar-refractivity contribution in [2.24, 2.45) is 4.99 Å². The fourth-order valence-corrected chi connectivity index (χ4v) is 1.12. The maximum absolute atomic E-state index is 11.3. The highest BCUT2D eigenvalue weighted by Crippen LogP contribution is 1.84. The van der Waals surface area contributed by atoms with E-state index in [9.17, 15) is 4.79 Å². The molecule has 0 saturated heterocycles. The molecule has 0 rings (SSSR count). The molecule has 0 aromatic carbocycles. The Labute approximate surface area is 103 Å². The summed E-state index contributed by atoms with van der Waals surface area (Å²) in [6, 6.07) is 0. The van der Waals surface area contributed by atoms with Crippen molar-refractivity contribution in [1.29, 1.82) is 0 Å². The van der Waals surface area contributed by atoms with E-state index in [-0.39, 0.29) is 5.91 Å². The molecule has 0 aliphatic heterocycles. The Morgan fingerprint density at radius 1 is 1.29 bits per heavy atom. The first-order valence-corrected chi connectivity index (χ1v) is 5.84. The summed E-state index contributed by atoms with van der Waals surface area (Å²) in [5, 5.41) is 6.16. The van der Waals surface area contributed by atoms with Crippen LogP contribution in [0.3, 0.4) is 0 Å². The molecule has 0 heterocycles. The summed E-state index contributed by atoms with van der Waals surface area (Å²) < 4.78 is 5.20. The molecule has 0 saturated carbocycles. The zero-order valence-corrected chi connectivity index (χ0v) is 11.2. The molecule has 6 nitrogen and oxygen atoms in total. The van der Waals surface area contributed by atoms with Gasteiger partial charge < -0.3 is 20.3 Å². The highest BCUT2D eigenvalue weighted by atomic mass is 16.5. The van der Waals surface area contributed by atoms with E-state index in [1.165, 1.54) is 0 Å². The van der Waals surface area contributed by atoms with E-state index in [4.69, 9.17) is 4.74 Å². The molecule has 17 heavy (non-hydrogen) atoms. The first-order chi connectivity index (χ1) is 8.11. The van der Waals surface area contributed by atoms with Crippen molar-refractivity contribution in [3.8, 4) is 0 Å². The lowest BCUT2D eigenvalue weighted by Crippen LogP contribution is -2.40. The number of amides is 1. The molecular formula is C11H24N4O2. The molecule has 0 bridgehead atoms. The molecule has 0 aliphatic carbocycles. The fourth-order valence-electron chi connectivity index (χ4n) is 1.12. The monoisotopic (exact) mass is 244 g/mol. The smallest absolute Gasteiger partial charge is 0.223 e. The number of rotatable bonds is 7. The van der Waals surface area contributed by atoms with Crippen LogP contribution in [0.2, 0.25) is 0 Å². The summed E-state index contributed by atoms with van der Waals surface area (Å²) in [5.74, 6) is 0.790. The molecule has 0 atom stereocenters. The predicted molar refractivity (Wildman–Crippen MR) is 69.2 cm³/mol. The summed E-state index contributed by atoms with van der Waals surface area (Å²) in [4.78, 5) is 16.9. The van der Waals surface area contributed by atoms with Crippen molar-refractivity contribution in [2.45, 2.75) is 13.3 Å². The Morgan fingerprint density at radius 3 is 2.47 bits per heavy atom. The van der Waals surface area contributed by atoms with Crippen molar-refractivity contribution in [2.75, 3.05) is 47.4 Å². The van der Waals surface area contributed by atoms with Crippen molar-refractivity contribution in [1.82, 2.24) is 15.5 Å². The lowest BCUT2D eigenvalue weighted by Gasteiger charge is -2.13. The maximum Gasteiger partial charge on any atom is 0.223 e. The molecular weight excluding hydrogens is 220 g/mol. The molecule has 100 valence electrons. The lowest BCUT2D eigenvalue weighted by atomic mass is 10.4. The minimum Gasteiger partial charge on any atom is -0.380 e. The summed E-state index contributed by atoms with van der Waals surface area (Å²) in [5.41, 5.74) is 0. The van der Waals surface area contributed by atoms with Crippen molar-refractivity contribution in [3.05, 3.63) is 0 Å². The van der Waals surface area contributed by atoms with E-state index < -0.39 is 0 Å². The topological polar surface area (TPSA) is 66.0 Å². The number of nitrogens with zero attached hydrogens (tertiary/aromatic N) is 2. The standard InChI is InChI=1S/C11H24N4O2/c1-5-17-9-8-14-11(12-2)13-7-6-10(16)15(3)4/h5-9H2,1-4H3,(H2,12,13,14). The second-order valence-corrected chi connectivity index (χ2v) is 3.66. The Morgan fingerprint density at radius 2 is 1.94 bits per heavy atom. The van der Waals surface area contributed by atoms with Gasteiger partial charge in [-0.15, -0.1) is 0 Å². The largest absolute Gasteiger partial charge is 0.380 e. The summed E-state index contributed by atoms with van der Waals surface area (Å²) >= 11 is 0. The second kappa shape index (κ2) is 9.89. The van der Waals surface area contributed by atoms with Crippen LogP contribution in [0.25, 0.3) is 0 Å². The Bertz CT molecular complexity index is 242. The van der Waals surface area contributed by atoms with Gasteiger partial charge in [0.25, 0.3) is 0 Å². The third-order valence-electron chi connectivity index (χ3n) is 2.10. The van der Waals surface area contributed by atoms with Gasteiger partial charge >= 0.3 is 0 Å². The van der Waals surface area contributed by atoms with Gasteiger partial charge in [0.1, 0.15) is 0 Å². The zero-order chi connectivity index (χ0) is 13.1. The van der Waals surface area contributed by atoms with Crippen LogP contribution in [-0.4, -0.2) is 64.2 Å². The minimum absolute atomic E-state index is 0.0993. The molecule has 0 radical (unpaired) electrons. The number of ether oxygens (including phenoxy) is 1. The molecule has 6 heteroatoms. The first-order valence-electron chi connectivity index (χ1n) is 5.84. The number of aliphatic imine (C=N–C) groups is 1. The first kappa shape index (κ1) is 15.7. The number of nitrogens with one attached hydrogen (secondary N) is 2. The van der Waals surface area contributed by atoms with Gasteiger partial charge in [0, 0.05) is 47.3 Å². The number of hydrogen-bond donors (Lipinski definition) is 2. The number of carbonyl (C=O) groups excluding carboxylic acids is 1. The molecule has 1 amide bonds. The van der Waals surface area contributed by atoms with Crippen LogP contribution in [0.5, 0.6) is 0 Å². The Kier molecular flexibility index (Phi) is 9.14. The molecule has 0 spiro atoms. The normalized spacial score (nSPS) is 11.2. The van der Waals surface area contributed by atoms with Gasteiger partial charge in [-0.2, -0.15) is 0 Å². The van der Waals surface area contributed by atoms with Crippen LogP contribution in [0.4, 0.5) is 0 Å². The Hall–Kier alpha value is -1.30. The van der Waals surface area contributed by atoms with Gasteiger partial charge in [-0.1, -0.05) is 0 Å².